The standard InChI is InChI=1S/C15H22N2O3/c1-10(16-14(19)20-15(3,4)5)12-7-6-8-13(9-12)17-11(2)18/h6-10H,1-5H3,(H,16,19)(H,17,18). The van der Waals surface area contributed by atoms with Crippen LogP contribution in [0.2, 0.25) is 0 Å². The Morgan fingerprint density at radius 1 is 1.25 bits per heavy atom. The quantitative estimate of drug-likeness (QED) is 0.892. The molecule has 0 aliphatic carbocycles. The van der Waals surface area contributed by atoms with Crippen LogP contribution in [0.25, 0.3) is 0 Å². The second kappa shape index (κ2) is 6.41. The van der Waals surface area contributed by atoms with Crippen LogP contribution in [0, 0.1) is 0 Å². The highest BCUT2D eigenvalue weighted by Crippen LogP contribution is 2.18. The average Bonchev–Trinajstić information content (AvgIpc) is 2.25. The molecule has 20 heavy (non-hydrogen) atoms. The van der Waals surface area contributed by atoms with Gasteiger partial charge >= 0.3 is 6.09 Å². The van der Waals surface area contributed by atoms with Gasteiger partial charge in [-0.05, 0) is 45.4 Å². The summed E-state index contributed by atoms with van der Waals surface area (Å²) >= 11 is 0. The summed E-state index contributed by atoms with van der Waals surface area (Å²) < 4.78 is 5.20. The first-order valence-electron chi connectivity index (χ1n) is 6.54. The molecule has 0 aromatic heterocycles. The minimum atomic E-state index is -0.526. The highest BCUT2D eigenvalue weighted by Gasteiger charge is 2.18. The summed E-state index contributed by atoms with van der Waals surface area (Å²) in [4.78, 5) is 22.7. The van der Waals surface area contributed by atoms with Crippen LogP contribution in [0.3, 0.4) is 0 Å². The lowest BCUT2D eigenvalue weighted by atomic mass is 10.1. The predicted molar refractivity (Wildman–Crippen MR) is 78.5 cm³/mol. The van der Waals surface area contributed by atoms with Gasteiger partial charge in [0.05, 0.1) is 6.04 Å². The summed E-state index contributed by atoms with van der Waals surface area (Å²) in [6, 6.07) is 7.12. The SMILES string of the molecule is CC(=O)Nc1cccc(C(C)NC(=O)OC(C)(C)C)c1. The molecule has 0 saturated carbocycles. The number of nitrogens with one attached hydrogen (secondary N) is 2. The first kappa shape index (κ1) is 16.0. The molecule has 1 aromatic rings. The van der Waals surface area contributed by atoms with E-state index in [0.717, 1.165) is 5.56 Å². The normalized spacial score (nSPS) is 12.4. The molecule has 0 spiro atoms. The molecule has 0 saturated heterocycles. The number of hydrogen-bond donors (Lipinski definition) is 2. The highest BCUT2D eigenvalue weighted by molar-refractivity contribution is 5.88. The summed E-state index contributed by atoms with van der Waals surface area (Å²) in [5.41, 5.74) is 1.07. The van der Waals surface area contributed by atoms with Crippen LogP contribution in [-0.2, 0) is 9.53 Å². The number of anilines is 1. The van der Waals surface area contributed by atoms with Gasteiger partial charge in [-0.2, -0.15) is 0 Å². The first-order valence-corrected chi connectivity index (χ1v) is 6.54. The Labute approximate surface area is 119 Å². The molecule has 0 bridgehead atoms. The number of ether oxygens (including phenoxy) is 1. The Kier molecular flexibility index (Phi) is 5.13. The summed E-state index contributed by atoms with van der Waals surface area (Å²) in [6.07, 6.45) is -0.463. The lowest BCUT2D eigenvalue weighted by Gasteiger charge is -2.22. The zero-order chi connectivity index (χ0) is 15.3. The van der Waals surface area contributed by atoms with Crippen LogP contribution >= 0.6 is 0 Å². The van der Waals surface area contributed by atoms with Crippen LogP contribution in [0.1, 0.15) is 46.2 Å². The van der Waals surface area contributed by atoms with Gasteiger partial charge in [0.1, 0.15) is 5.60 Å². The van der Waals surface area contributed by atoms with Crippen molar-refractivity contribution < 1.29 is 14.3 Å². The van der Waals surface area contributed by atoms with Crippen molar-refractivity contribution in [3.05, 3.63) is 29.8 Å². The molecule has 0 aliphatic heterocycles. The summed E-state index contributed by atoms with van der Waals surface area (Å²) in [7, 11) is 0. The van der Waals surface area contributed by atoms with E-state index in [1.807, 2.05) is 45.9 Å². The fourth-order valence-electron chi connectivity index (χ4n) is 1.66. The first-order chi connectivity index (χ1) is 9.17. The molecular formula is C15H22N2O3. The number of amides is 2. The van der Waals surface area contributed by atoms with Crippen molar-refractivity contribution in [3.63, 3.8) is 0 Å². The number of carbonyl (C=O) groups is 2. The van der Waals surface area contributed by atoms with Crippen LogP contribution in [0.4, 0.5) is 10.5 Å². The molecule has 1 rings (SSSR count). The molecule has 1 atom stereocenters. The Balaban J connectivity index is 2.70. The maximum absolute atomic E-state index is 11.7. The van der Waals surface area contributed by atoms with E-state index in [1.165, 1.54) is 6.92 Å². The molecule has 110 valence electrons. The number of benzene rings is 1. The fourth-order valence-corrected chi connectivity index (χ4v) is 1.66. The van der Waals surface area contributed by atoms with Crippen molar-refractivity contribution >= 4 is 17.7 Å². The van der Waals surface area contributed by atoms with Crippen molar-refractivity contribution in [3.8, 4) is 0 Å². The third-order valence-corrected chi connectivity index (χ3v) is 2.44. The molecule has 2 amide bonds. The van der Waals surface area contributed by atoms with Crippen molar-refractivity contribution in [2.45, 2.75) is 46.3 Å². The third-order valence-electron chi connectivity index (χ3n) is 2.44. The van der Waals surface area contributed by atoms with Crippen LogP contribution in [-0.4, -0.2) is 17.6 Å². The number of alkyl carbamates (subject to hydrolysis) is 1. The van der Waals surface area contributed by atoms with Crippen molar-refractivity contribution in [2.75, 3.05) is 5.32 Å². The summed E-state index contributed by atoms with van der Waals surface area (Å²) in [6.45, 7) is 8.75. The minimum Gasteiger partial charge on any atom is -0.444 e. The van der Waals surface area contributed by atoms with Crippen LogP contribution < -0.4 is 10.6 Å². The molecule has 2 N–H and O–H groups in total. The zero-order valence-corrected chi connectivity index (χ0v) is 12.6. The monoisotopic (exact) mass is 278 g/mol. The Bertz CT molecular complexity index is 492. The van der Waals surface area contributed by atoms with E-state index in [9.17, 15) is 9.59 Å². The molecule has 0 fully saturated rings. The zero-order valence-electron chi connectivity index (χ0n) is 12.6. The molecular weight excluding hydrogens is 256 g/mol. The number of rotatable bonds is 3. The predicted octanol–water partition coefficient (Wildman–Crippen LogP) is 3.23. The molecule has 0 aliphatic rings. The van der Waals surface area contributed by atoms with E-state index in [0.29, 0.717) is 5.69 Å². The van der Waals surface area contributed by atoms with E-state index >= 15 is 0 Å². The van der Waals surface area contributed by atoms with Crippen LogP contribution in [0.15, 0.2) is 24.3 Å². The highest BCUT2D eigenvalue weighted by atomic mass is 16.6. The lowest BCUT2D eigenvalue weighted by molar-refractivity contribution is -0.114. The Morgan fingerprint density at radius 3 is 2.45 bits per heavy atom. The van der Waals surface area contributed by atoms with Gasteiger partial charge in [0.25, 0.3) is 0 Å². The van der Waals surface area contributed by atoms with E-state index in [2.05, 4.69) is 10.6 Å². The largest absolute Gasteiger partial charge is 0.444 e. The van der Waals surface area contributed by atoms with Crippen LogP contribution in [0.5, 0.6) is 0 Å². The van der Waals surface area contributed by atoms with Gasteiger partial charge in [0.2, 0.25) is 5.91 Å². The fraction of sp³-hybridized carbons (Fsp3) is 0.467. The smallest absolute Gasteiger partial charge is 0.408 e. The topological polar surface area (TPSA) is 67.4 Å². The molecule has 0 radical (unpaired) electrons. The van der Waals surface area contributed by atoms with Gasteiger partial charge in [-0.15, -0.1) is 0 Å². The Morgan fingerprint density at radius 2 is 1.90 bits per heavy atom. The van der Waals surface area contributed by atoms with Crippen molar-refractivity contribution in [1.29, 1.82) is 0 Å². The van der Waals surface area contributed by atoms with Crippen molar-refractivity contribution in [1.82, 2.24) is 5.32 Å². The third kappa shape index (κ3) is 5.73. The molecule has 1 unspecified atom stereocenters. The van der Waals surface area contributed by atoms with E-state index in [1.54, 1.807) is 6.07 Å². The second-order valence-electron chi connectivity index (χ2n) is 5.67. The van der Waals surface area contributed by atoms with Gasteiger partial charge in [0, 0.05) is 12.6 Å². The maximum Gasteiger partial charge on any atom is 0.408 e. The summed E-state index contributed by atoms with van der Waals surface area (Å²) in [5.74, 6) is -0.130. The number of hydrogen-bond acceptors (Lipinski definition) is 3. The number of carbonyl (C=O) groups excluding carboxylic acids is 2. The van der Waals surface area contributed by atoms with Gasteiger partial charge in [-0.3, -0.25) is 4.79 Å². The lowest BCUT2D eigenvalue weighted by Crippen LogP contribution is -2.34. The molecule has 5 heteroatoms. The second-order valence-corrected chi connectivity index (χ2v) is 5.67. The van der Waals surface area contributed by atoms with Crippen molar-refractivity contribution in [2.24, 2.45) is 0 Å². The maximum atomic E-state index is 11.7. The van der Waals surface area contributed by atoms with Gasteiger partial charge in [0.15, 0.2) is 0 Å². The van der Waals surface area contributed by atoms with E-state index in [-0.39, 0.29) is 11.9 Å². The average molecular weight is 278 g/mol. The van der Waals surface area contributed by atoms with Gasteiger partial charge in [-0.1, -0.05) is 12.1 Å². The van der Waals surface area contributed by atoms with Gasteiger partial charge < -0.3 is 15.4 Å². The minimum absolute atomic E-state index is 0.130. The van der Waals surface area contributed by atoms with Gasteiger partial charge in [-0.25, -0.2) is 4.79 Å². The van der Waals surface area contributed by atoms with E-state index in [4.69, 9.17) is 4.74 Å². The molecule has 5 nitrogen and oxygen atoms in total. The van der Waals surface area contributed by atoms with E-state index < -0.39 is 11.7 Å². The Hall–Kier alpha value is -2.04. The summed E-state index contributed by atoms with van der Waals surface area (Å²) in [5, 5.41) is 5.47. The molecule has 0 heterocycles. The molecule has 1 aromatic carbocycles.